The Morgan fingerprint density at radius 1 is 1.00 bits per heavy atom. The minimum atomic E-state index is 0.209. The maximum atomic E-state index is 9.23. The molecule has 3 nitrogen and oxygen atoms in total. The van der Waals surface area contributed by atoms with Gasteiger partial charge in [0, 0.05) is 48.7 Å². The number of rotatable bonds is 11. The van der Waals surface area contributed by atoms with Crippen LogP contribution < -0.4 is 9.47 Å². The molecule has 0 spiro atoms. The van der Waals surface area contributed by atoms with Gasteiger partial charge < -0.3 is 10.0 Å². The zero-order valence-electron chi connectivity index (χ0n) is 21.2. The quantitative estimate of drug-likeness (QED) is 0.303. The lowest BCUT2D eigenvalue weighted by Crippen LogP contribution is -2.38. The molecule has 0 amide bonds. The van der Waals surface area contributed by atoms with Gasteiger partial charge in [-0.05, 0) is 48.6 Å². The summed E-state index contributed by atoms with van der Waals surface area (Å²) in [6.45, 7) is 6.71. The summed E-state index contributed by atoms with van der Waals surface area (Å²) < 4.78 is 2.44. The molecule has 4 rings (SSSR count). The Balaban J connectivity index is 1.58. The summed E-state index contributed by atoms with van der Waals surface area (Å²) in [7, 11) is 0. The third kappa shape index (κ3) is 6.10. The van der Waals surface area contributed by atoms with Crippen molar-refractivity contribution in [2.75, 3.05) is 18.1 Å². The van der Waals surface area contributed by atoms with E-state index in [0.29, 0.717) is 0 Å². The van der Waals surface area contributed by atoms with Crippen LogP contribution in [0, 0.1) is 5.92 Å². The predicted molar refractivity (Wildman–Crippen MR) is 149 cm³/mol. The third-order valence-electron chi connectivity index (χ3n) is 7.02. The largest absolute Gasteiger partial charge is 0.396 e. The predicted octanol–water partition coefficient (Wildman–Crippen LogP) is 7.16. The van der Waals surface area contributed by atoms with Gasteiger partial charge in [0.05, 0.1) is 5.39 Å². The molecule has 1 aromatic heterocycles. The number of para-hydroxylation sites is 2. The molecule has 1 unspecified atom stereocenters. The summed E-state index contributed by atoms with van der Waals surface area (Å²) in [5.41, 5.74) is 6.18. The molecule has 0 fully saturated rings. The van der Waals surface area contributed by atoms with Gasteiger partial charge in [0.15, 0.2) is 12.7 Å². The van der Waals surface area contributed by atoms with Crippen LogP contribution in [0.1, 0.15) is 57.1 Å². The molecule has 35 heavy (non-hydrogen) atoms. The molecular formula is C32H39N2O+. The van der Waals surface area contributed by atoms with E-state index < -0.39 is 0 Å². The lowest BCUT2D eigenvalue weighted by Gasteiger charge is -2.27. The molecule has 0 aliphatic carbocycles. The Hall–Kier alpha value is -3.17. The van der Waals surface area contributed by atoms with Crippen molar-refractivity contribution < 1.29 is 9.67 Å². The maximum absolute atomic E-state index is 9.23. The summed E-state index contributed by atoms with van der Waals surface area (Å²) in [5.74, 6) is 0.726. The number of aromatic nitrogens is 1. The van der Waals surface area contributed by atoms with Gasteiger partial charge in [-0.15, -0.1) is 0 Å². The van der Waals surface area contributed by atoms with E-state index in [1.165, 1.54) is 59.0 Å². The molecule has 0 saturated carbocycles. The Morgan fingerprint density at radius 3 is 2.66 bits per heavy atom. The lowest BCUT2D eigenvalue weighted by molar-refractivity contribution is -0.678. The van der Waals surface area contributed by atoms with Crippen LogP contribution in [0.15, 0.2) is 85.2 Å². The zero-order chi connectivity index (χ0) is 24.5. The monoisotopic (exact) mass is 467 g/mol. The average Bonchev–Trinajstić information content (AvgIpc) is 2.91. The first-order valence-electron chi connectivity index (χ1n) is 13.2. The Morgan fingerprint density at radius 2 is 1.83 bits per heavy atom. The summed E-state index contributed by atoms with van der Waals surface area (Å²) in [5, 5.41) is 10.5. The first-order chi connectivity index (χ1) is 17.2. The topological polar surface area (TPSA) is 27.4 Å². The van der Waals surface area contributed by atoms with Crippen molar-refractivity contribution in [2.45, 2.75) is 52.5 Å². The molecule has 0 radical (unpaired) electrons. The minimum absolute atomic E-state index is 0.209. The van der Waals surface area contributed by atoms with Crippen LogP contribution >= 0.6 is 0 Å². The number of fused-ring (bicyclic) bond motifs is 2. The summed E-state index contributed by atoms with van der Waals surface area (Å²) in [4.78, 5) is 2.22. The Kier molecular flexibility index (Phi) is 8.91. The molecule has 3 heteroatoms. The number of hydrogen-bond donors (Lipinski definition) is 1. The minimum Gasteiger partial charge on any atom is -0.396 e. The number of allylic oxidation sites excluding steroid dienone is 4. The van der Waals surface area contributed by atoms with Gasteiger partial charge in [-0.3, -0.25) is 0 Å². The second-order valence-electron chi connectivity index (χ2n) is 9.44. The van der Waals surface area contributed by atoms with Crippen LogP contribution in [0.3, 0.4) is 0 Å². The van der Waals surface area contributed by atoms with Gasteiger partial charge >= 0.3 is 0 Å². The van der Waals surface area contributed by atoms with E-state index in [1.807, 2.05) is 0 Å². The van der Waals surface area contributed by atoms with E-state index in [-0.39, 0.29) is 6.61 Å². The number of anilines is 1. The summed E-state index contributed by atoms with van der Waals surface area (Å²) >= 11 is 0. The highest BCUT2D eigenvalue weighted by molar-refractivity contribution is 5.89. The molecule has 1 aliphatic heterocycles. The maximum Gasteiger partial charge on any atom is 0.213 e. The number of aliphatic hydroxyl groups is 1. The highest BCUT2D eigenvalue weighted by Crippen LogP contribution is 2.33. The van der Waals surface area contributed by atoms with Crippen LogP contribution in [-0.2, 0) is 6.54 Å². The van der Waals surface area contributed by atoms with Gasteiger partial charge in [-0.1, -0.05) is 75.2 Å². The fraction of sp³-hybridized carbons (Fsp3) is 0.344. The fourth-order valence-corrected chi connectivity index (χ4v) is 4.95. The lowest BCUT2D eigenvalue weighted by atomic mass is 9.98. The van der Waals surface area contributed by atoms with E-state index in [0.717, 1.165) is 25.4 Å². The standard InChI is InChI=1S/C32H39N2O/c1-3-5-12-26(4-2)25-34-23-20-28(30-16-7-9-18-32(30)34)14-10-13-27-19-22-33(21-11-24-35)31-17-8-6-15-29(27)31/h6-10,13-20,22-23,26,35H,3-5,11-12,21,24-25H2,1-2H3/q+1. The van der Waals surface area contributed by atoms with Crippen molar-refractivity contribution in [1.82, 2.24) is 0 Å². The molecule has 1 N–H and O–H groups in total. The normalized spacial score (nSPS) is 15.3. The molecule has 0 saturated heterocycles. The van der Waals surface area contributed by atoms with Crippen LogP contribution in [0.2, 0.25) is 0 Å². The molecule has 2 heterocycles. The fourth-order valence-electron chi connectivity index (χ4n) is 4.95. The van der Waals surface area contributed by atoms with Gasteiger partial charge in [0.25, 0.3) is 0 Å². The molecule has 1 atom stereocenters. The molecule has 3 aromatic rings. The molecule has 0 bridgehead atoms. The van der Waals surface area contributed by atoms with Gasteiger partial charge in [-0.2, -0.15) is 4.57 Å². The smallest absolute Gasteiger partial charge is 0.213 e. The van der Waals surface area contributed by atoms with Crippen molar-refractivity contribution >= 4 is 28.2 Å². The summed E-state index contributed by atoms with van der Waals surface area (Å²) in [6.07, 6.45) is 19.0. The highest BCUT2D eigenvalue weighted by atomic mass is 16.3. The van der Waals surface area contributed by atoms with Crippen LogP contribution in [0.4, 0.5) is 5.69 Å². The first-order valence-corrected chi connectivity index (χ1v) is 13.2. The van der Waals surface area contributed by atoms with Gasteiger partial charge in [0.2, 0.25) is 5.52 Å². The van der Waals surface area contributed by atoms with E-state index in [9.17, 15) is 5.11 Å². The number of unbranched alkanes of at least 4 members (excludes halogenated alkanes) is 1. The van der Waals surface area contributed by atoms with Crippen LogP contribution in [0.25, 0.3) is 22.6 Å². The van der Waals surface area contributed by atoms with Crippen LogP contribution in [-0.4, -0.2) is 18.3 Å². The Bertz CT molecular complexity index is 1210. The zero-order valence-corrected chi connectivity index (χ0v) is 21.2. The first kappa shape index (κ1) is 24.9. The Labute approximate surface area is 210 Å². The number of aliphatic hydroxyl groups excluding tert-OH is 1. The third-order valence-corrected chi connectivity index (χ3v) is 7.02. The molecule has 2 aromatic carbocycles. The average molecular weight is 468 g/mol. The second kappa shape index (κ2) is 12.5. The number of nitrogens with zero attached hydrogens (tertiary/aromatic N) is 2. The highest BCUT2D eigenvalue weighted by Gasteiger charge is 2.17. The number of benzene rings is 2. The van der Waals surface area contributed by atoms with Crippen molar-refractivity contribution in [2.24, 2.45) is 5.92 Å². The number of pyridine rings is 1. The molecular weight excluding hydrogens is 428 g/mol. The summed E-state index contributed by atoms with van der Waals surface area (Å²) in [6, 6.07) is 19.5. The van der Waals surface area contributed by atoms with E-state index >= 15 is 0 Å². The van der Waals surface area contributed by atoms with E-state index in [4.69, 9.17) is 0 Å². The number of hydrogen-bond acceptors (Lipinski definition) is 2. The second-order valence-corrected chi connectivity index (χ2v) is 9.44. The van der Waals surface area contributed by atoms with Crippen molar-refractivity contribution in [3.05, 3.63) is 96.3 Å². The van der Waals surface area contributed by atoms with Gasteiger partial charge in [-0.25, -0.2) is 0 Å². The van der Waals surface area contributed by atoms with Crippen LogP contribution in [0.5, 0.6) is 0 Å². The SMILES string of the molecule is CCCCC(CC)C[n+]1ccc(C=CC=C2C=CN(CCCO)c3ccccc32)c2ccccc21. The van der Waals surface area contributed by atoms with Crippen molar-refractivity contribution in [3.8, 4) is 0 Å². The molecule has 1 aliphatic rings. The van der Waals surface area contributed by atoms with E-state index in [1.54, 1.807) is 0 Å². The van der Waals surface area contributed by atoms with Crippen molar-refractivity contribution in [3.63, 3.8) is 0 Å². The van der Waals surface area contributed by atoms with E-state index in [2.05, 4.69) is 115 Å². The van der Waals surface area contributed by atoms with Crippen molar-refractivity contribution in [1.29, 1.82) is 0 Å². The van der Waals surface area contributed by atoms with Gasteiger partial charge in [0.1, 0.15) is 0 Å². The molecule has 182 valence electrons.